The molecule has 2 aliphatic heterocycles. The summed E-state index contributed by atoms with van der Waals surface area (Å²) in [6.07, 6.45) is 4.28. The molecule has 1 atom stereocenters. The van der Waals surface area contributed by atoms with E-state index in [9.17, 15) is 14.4 Å². The summed E-state index contributed by atoms with van der Waals surface area (Å²) < 4.78 is 0. The van der Waals surface area contributed by atoms with Crippen molar-refractivity contribution in [3.05, 3.63) is 64.7 Å². The van der Waals surface area contributed by atoms with Crippen LogP contribution in [-0.2, 0) is 17.8 Å². The van der Waals surface area contributed by atoms with E-state index in [-0.39, 0.29) is 36.3 Å². The van der Waals surface area contributed by atoms with Crippen molar-refractivity contribution in [2.75, 3.05) is 24.5 Å². The van der Waals surface area contributed by atoms with Gasteiger partial charge in [0, 0.05) is 43.8 Å². The number of likely N-dealkylation sites (tertiary alicyclic amines) is 1. The first-order chi connectivity index (χ1) is 18.3. The average Bonchev–Trinajstić information content (AvgIpc) is 3.73. The Morgan fingerprint density at radius 3 is 2.55 bits per heavy atom. The van der Waals surface area contributed by atoms with Crippen molar-refractivity contribution >= 4 is 23.5 Å². The zero-order valence-corrected chi connectivity index (χ0v) is 22.2. The molecule has 2 heterocycles. The lowest BCUT2D eigenvalue weighted by Crippen LogP contribution is -2.51. The molecule has 1 aliphatic carbocycles. The Kier molecular flexibility index (Phi) is 7.37. The third kappa shape index (κ3) is 5.67. The van der Waals surface area contributed by atoms with Gasteiger partial charge in [0.05, 0.1) is 23.7 Å². The second-order valence-corrected chi connectivity index (χ2v) is 11.1. The highest BCUT2D eigenvalue weighted by Crippen LogP contribution is 2.35. The lowest BCUT2D eigenvalue weighted by molar-refractivity contribution is -0.131. The quantitative estimate of drug-likeness (QED) is 0.603. The summed E-state index contributed by atoms with van der Waals surface area (Å²) in [5.41, 5.74) is 3.90. The van der Waals surface area contributed by atoms with Crippen molar-refractivity contribution in [1.82, 2.24) is 15.1 Å². The van der Waals surface area contributed by atoms with Gasteiger partial charge in [-0.25, -0.2) is 4.79 Å². The highest BCUT2D eigenvalue weighted by molar-refractivity contribution is 5.99. The number of nitriles is 1. The molecule has 198 valence electrons. The maximum atomic E-state index is 13.2. The van der Waals surface area contributed by atoms with Gasteiger partial charge in [-0.3, -0.25) is 14.5 Å². The summed E-state index contributed by atoms with van der Waals surface area (Å²) in [4.78, 5) is 44.9. The van der Waals surface area contributed by atoms with Crippen LogP contribution >= 0.6 is 0 Å². The number of anilines is 1. The van der Waals surface area contributed by atoms with E-state index >= 15 is 0 Å². The second-order valence-electron chi connectivity index (χ2n) is 11.1. The minimum atomic E-state index is -0.152. The molecule has 8 heteroatoms. The molecule has 8 nitrogen and oxygen atoms in total. The lowest BCUT2D eigenvalue weighted by Gasteiger charge is -2.39. The first kappa shape index (κ1) is 25.8. The molecule has 0 spiro atoms. The van der Waals surface area contributed by atoms with Gasteiger partial charge in [0.1, 0.15) is 0 Å². The van der Waals surface area contributed by atoms with Gasteiger partial charge in [-0.05, 0) is 86.9 Å². The molecule has 2 aromatic rings. The standard InChI is InChI=1S/C30H35N5O3/c1-20(2)35-27-12-11-24(15-25(27)18-34(30(35)38)17-23-9-10-23)29(37)32-26-4-3-13-33(19-26)28(36)14-21-5-7-22(16-31)8-6-21/h5-8,11-12,15,20,23,26H,3-4,9-10,13-14,17-19H2,1-2H3,(H,32,37). The number of piperidine rings is 1. The third-order valence-corrected chi connectivity index (χ3v) is 7.68. The third-order valence-electron chi connectivity index (χ3n) is 7.68. The fourth-order valence-corrected chi connectivity index (χ4v) is 5.44. The van der Waals surface area contributed by atoms with Gasteiger partial charge in [-0.2, -0.15) is 5.26 Å². The van der Waals surface area contributed by atoms with Crippen molar-refractivity contribution in [1.29, 1.82) is 5.26 Å². The maximum absolute atomic E-state index is 13.2. The van der Waals surface area contributed by atoms with E-state index in [4.69, 9.17) is 5.26 Å². The summed E-state index contributed by atoms with van der Waals surface area (Å²) in [5.74, 6) is 0.465. The molecule has 38 heavy (non-hydrogen) atoms. The molecule has 1 saturated heterocycles. The SMILES string of the molecule is CC(C)N1C(=O)N(CC2CC2)Cc2cc(C(=O)NC3CCCN(C(=O)Cc4ccc(C#N)cc4)C3)ccc21. The number of nitrogens with one attached hydrogen (secondary N) is 1. The van der Waals surface area contributed by atoms with Crippen molar-refractivity contribution in [2.24, 2.45) is 5.92 Å². The van der Waals surface area contributed by atoms with Crippen molar-refractivity contribution < 1.29 is 14.4 Å². The Morgan fingerprint density at radius 1 is 1.11 bits per heavy atom. The van der Waals surface area contributed by atoms with E-state index in [1.54, 1.807) is 18.2 Å². The molecule has 4 amide bonds. The van der Waals surface area contributed by atoms with Crippen LogP contribution in [0.1, 0.15) is 66.6 Å². The van der Waals surface area contributed by atoms with Crippen LogP contribution in [0.15, 0.2) is 42.5 Å². The summed E-state index contributed by atoms with van der Waals surface area (Å²) in [6, 6.07) is 14.7. The van der Waals surface area contributed by atoms with Crippen LogP contribution in [0.5, 0.6) is 0 Å². The molecular formula is C30H35N5O3. The zero-order chi connectivity index (χ0) is 26.8. The van der Waals surface area contributed by atoms with Gasteiger partial charge in [0.15, 0.2) is 0 Å². The van der Waals surface area contributed by atoms with Crippen molar-refractivity contribution in [3.8, 4) is 6.07 Å². The molecule has 2 fully saturated rings. The first-order valence-electron chi connectivity index (χ1n) is 13.6. The number of rotatable bonds is 7. The number of nitrogens with zero attached hydrogens (tertiary/aromatic N) is 4. The molecular weight excluding hydrogens is 478 g/mol. The zero-order valence-electron chi connectivity index (χ0n) is 22.2. The number of urea groups is 1. The van der Waals surface area contributed by atoms with Crippen LogP contribution in [-0.4, -0.2) is 59.4 Å². The number of carbonyl (C=O) groups excluding carboxylic acids is 3. The van der Waals surface area contributed by atoms with Crippen LogP contribution in [0.2, 0.25) is 0 Å². The predicted octanol–water partition coefficient (Wildman–Crippen LogP) is 4.08. The van der Waals surface area contributed by atoms with Gasteiger partial charge in [0.25, 0.3) is 5.91 Å². The Labute approximate surface area is 224 Å². The fraction of sp³-hybridized carbons (Fsp3) is 0.467. The molecule has 1 saturated carbocycles. The van der Waals surface area contributed by atoms with Gasteiger partial charge < -0.3 is 15.1 Å². The van der Waals surface area contributed by atoms with Crippen LogP contribution < -0.4 is 10.2 Å². The number of benzene rings is 2. The topological polar surface area (TPSA) is 96.8 Å². The Bertz CT molecular complexity index is 1260. The minimum absolute atomic E-state index is 0.0247. The van der Waals surface area contributed by atoms with Gasteiger partial charge >= 0.3 is 6.03 Å². The van der Waals surface area contributed by atoms with Gasteiger partial charge in [-0.15, -0.1) is 0 Å². The molecule has 3 aliphatic rings. The Morgan fingerprint density at radius 2 is 1.87 bits per heavy atom. The molecule has 1 N–H and O–H groups in total. The summed E-state index contributed by atoms with van der Waals surface area (Å²) in [5, 5.41) is 12.1. The Hall–Kier alpha value is -3.86. The van der Waals surface area contributed by atoms with Crippen molar-refractivity contribution in [3.63, 3.8) is 0 Å². The second kappa shape index (κ2) is 10.9. The monoisotopic (exact) mass is 513 g/mol. The normalized spacial score (nSPS) is 19.3. The number of hydrogen-bond acceptors (Lipinski definition) is 4. The van der Waals surface area contributed by atoms with Crippen LogP contribution in [0, 0.1) is 17.2 Å². The van der Waals surface area contributed by atoms with Crippen molar-refractivity contribution in [2.45, 2.75) is 64.6 Å². The fourth-order valence-electron chi connectivity index (χ4n) is 5.44. The van der Waals surface area contributed by atoms with E-state index < -0.39 is 0 Å². The summed E-state index contributed by atoms with van der Waals surface area (Å²) in [7, 11) is 0. The van der Waals surface area contributed by atoms with E-state index in [0.29, 0.717) is 36.7 Å². The van der Waals surface area contributed by atoms with E-state index in [1.165, 1.54) is 12.8 Å². The molecule has 0 radical (unpaired) electrons. The summed E-state index contributed by atoms with van der Waals surface area (Å²) in [6.45, 7) is 6.48. The number of fused-ring (bicyclic) bond motifs is 1. The molecule has 2 aromatic carbocycles. The molecule has 0 bridgehead atoms. The molecule has 0 aromatic heterocycles. The van der Waals surface area contributed by atoms with E-state index in [2.05, 4.69) is 11.4 Å². The molecule has 5 rings (SSSR count). The Balaban J connectivity index is 1.23. The smallest absolute Gasteiger partial charge is 0.325 e. The van der Waals surface area contributed by atoms with E-state index in [1.807, 2.05) is 52.8 Å². The van der Waals surface area contributed by atoms with Crippen LogP contribution in [0.3, 0.4) is 0 Å². The minimum Gasteiger partial charge on any atom is -0.348 e. The average molecular weight is 514 g/mol. The van der Waals surface area contributed by atoms with Gasteiger partial charge in [0.2, 0.25) is 5.91 Å². The van der Waals surface area contributed by atoms with Crippen LogP contribution in [0.4, 0.5) is 10.5 Å². The maximum Gasteiger partial charge on any atom is 0.325 e. The van der Waals surface area contributed by atoms with E-state index in [0.717, 1.165) is 36.2 Å². The highest BCUT2D eigenvalue weighted by atomic mass is 16.2. The van der Waals surface area contributed by atoms with Crippen LogP contribution in [0.25, 0.3) is 0 Å². The van der Waals surface area contributed by atoms with Gasteiger partial charge in [-0.1, -0.05) is 12.1 Å². The molecule has 1 unspecified atom stereocenters. The number of amides is 4. The highest BCUT2D eigenvalue weighted by Gasteiger charge is 2.36. The predicted molar refractivity (Wildman–Crippen MR) is 145 cm³/mol. The first-order valence-corrected chi connectivity index (χ1v) is 13.6. The largest absolute Gasteiger partial charge is 0.348 e. The lowest BCUT2D eigenvalue weighted by atomic mass is 10.0. The summed E-state index contributed by atoms with van der Waals surface area (Å²) >= 11 is 0. The number of hydrogen-bond donors (Lipinski definition) is 1. The number of carbonyl (C=O) groups is 3.